The predicted octanol–water partition coefficient (Wildman–Crippen LogP) is 5.88. The quantitative estimate of drug-likeness (QED) is 0.106. The van der Waals surface area contributed by atoms with Crippen molar-refractivity contribution in [2.24, 2.45) is 0 Å². The Morgan fingerprint density at radius 3 is 1.76 bits per heavy atom. The molecular weight excluding hydrogens is 472 g/mol. The average molecular weight is 503 g/mol. The molecule has 0 aliphatic heterocycles. The van der Waals surface area contributed by atoms with Gasteiger partial charge >= 0.3 is 17.9 Å². The van der Waals surface area contributed by atoms with E-state index in [0.717, 1.165) is 11.6 Å². The third kappa shape index (κ3) is 8.71. The number of hydrogen-bond donors (Lipinski definition) is 0. The summed E-state index contributed by atoms with van der Waals surface area (Å²) >= 11 is 0. The highest BCUT2D eigenvalue weighted by Gasteiger charge is 2.12. The maximum absolute atomic E-state index is 12.5. The minimum Gasteiger partial charge on any atom is -0.494 e. The van der Waals surface area contributed by atoms with Crippen LogP contribution in [-0.2, 0) is 9.53 Å². The highest BCUT2D eigenvalue weighted by molar-refractivity contribution is 5.92. The van der Waals surface area contributed by atoms with Crippen molar-refractivity contribution in [2.45, 2.75) is 19.8 Å². The fourth-order valence-corrected chi connectivity index (χ4v) is 3.05. The van der Waals surface area contributed by atoms with Gasteiger partial charge in [0.05, 0.1) is 24.3 Å². The lowest BCUT2D eigenvalue weighted by Gasteiger charge is -2.08. The van der Waals surface area contributed by atoms with E-state index < -0.39 is 17.9 Å². The molecule has 0 aliphatic carbocycles. The van der Waals surface area contributed by atoms with Crippen LogP contribution in [-0.4, -0.2) is 31.1 Å². The van der Waals surface area contributed by atoms with E-state index in [1.54, 1.807) is 55.5 Å². The van der Waals surface area contributed by atoms with Crippen LogP contribution in [0, 0.1) is 11.8 Å². The lowest BCUT2D eigenvalue weighted by atomic mass is 10.2. The van der Waals surface area contributed by atoms with Gasteiger partial charge in [-0.2, -0.15) is 0 Å². The maximum atomic E-state index is 12.5. The summed E-state index contributed by atoms with van der Waals surface area (Å²) in [4.78, 5) is 35.8. The van der Waals surface area contributed by atoms with E-state index in [-0.39, 0.29) is 2.85 Å². The van der Waals surface area contributed by atoms with Crippen molar-refractivity contribution >= 4 is 17.9 Å². The first-order valence-corrected chi connectivity index (χ1v) is 11.6. The zero-order valence-electron chi connectivity index (χ0n) is 20.4. The molecule has 7 nitrogen and oxygen atoms in total. The monoisotopic (exact) mass is 502 g/mol. The number of ether oxygens (including phenoxy) is 4. The van der Waals surface area contributed by atoms with Crippen LogP contribution >= 0.6 is 0 Å². The van der Waals surface area contributed by atoms with E-state index in [1.807, 2.05) is 0 Å². The topological polar surface area (TPSA) is 88.1 Å². The standard InChI is InChI=1S/C30H26O7.2H2/c1-3-7-22-8-14-26(15-9-22)36-30(33)24-12-18-27(19-13-24)37-29(32)23-10-16-25(17-11-23)34-20-5-6-21-35-28(31)4-2;;/h4,8-19H,2,5-6,20-21H2,1H3;2*1H. The number of benzene rings is 3. The van der Waals surface area contributed by atoms with E-state index >= 15 is 0 Å². The van der Waals surface area contributed by atoms with Crippen LogP contribution in [0.25, 0.3) is 0 Å². The lowest BCUT2D eigenvalue weighted by Crippen LogP contribution is -2.10. The summed E-state index contributed by atoms with van der Waals surface area (Å²) in [7, 11) is 0. The van der Waals surface area contributed by atoms with Gasteiger partial charge in [0, 0.05) is 14.5 Å². The van der Waals surface area contributed by atoms with Crippen molar-refractivity contribution in [3.63, 3.8) is 0 Å². The van der Waals surface area contributed by atoms with Gasteiger partial charge in [-0.05, 0) is 92.6 Å². The van der Waals surface area contributed by atoms with Gasteiger partial charge in [0.15, 0.2) is 0 Å². The van der Waals surface area contributed by atoms with Gasteiger partial charge in [-0.3, -0.25) is 0 Å². The van der Waals surface area contributed by atoms with Crippen LogP contribution in [0.4, 0.5) is 0 Å². The molecule has 0 heterocycles. The molecule has 0 saturated carbocycles. The van der Waals surface area contributed by atoms with Gasteiger partial charge < -0.3 is 18.9 Å². The van der Waals surface area contributed by atoms with E-state index in [4.69, 9.17) is 18.9 Å². The molecule has 37 heavy (non-hydrogen) atoms. The van der Waals surface area contributed by atoms with E-state index in [1.165, 1.54) is 24.3 Å². The molecule has 3 rings (SSSR count). The molecule has 3 aromatic carbocycles. The Morgan fingerprint density at radius 1 is 0.757 bits per heavy atom. The molecule has 7 heteroatoms. The van der Waals surface area contributed by atoms with Crippen molar-refractivity contribution in [2.75, 3.05) is 13.2 Å². The third-order valence-electron chi connectivity index (χ3n) is 4.94. The molecule has 0 unspecified atom stereocenters. The molecule has 0 radical (unpaired) electrons. The maximum Gasteiger partial charge on any atom is 0.343 e. The first-order valence-electron chi connectivity index (χ1n) is 11.6. The zero-order valence-corrected chi connectivity index (χ0v) is 20.4. The molecule has 0 aromatic heterocycles. The number of rotatable bonds is 11. The smallest absolute Gasteiger partial charge is 0.343 e. The first kappa shape index (κ1) is 26.8. The normalized spacial score (nSPS) is 9.86. The van der Waals surface area contributed by atoms with E-state index in [0.29, 0.717) is 54.4 Å². The Bertz CT molecular complexity index is 1290. The molecule has 0 N–H and O–H groups in total. The Hall–Kier alpha value is -4.83. The second-order valence-electron chi connectivity index (χ2n) is 7.65. The fourth-order valence-electron chi connectivity index (χ4n) is 3.05. The summed E-state index contributed by atoms with van der Waals surface area (Å²) in [5, 5.41) is 0. The van der Waals surface area contributed by atoms with Gasteiger partial charge in [-0.25, -0.2) is 14.4 Å². The third-order valence-corrected chi connectivity index (χ3v) is 4.94. The van der Waals surface area contributed by atoms with Crippen LogP contribution < -0.4 is 14.2 Å². The van der Waals surface area contributed by atoms with Gasteiger partial charge in [0.25, 0.3) is 0 Å². The summed E-state index contributed by atoms with van der Waals surface area (Å²) in [6.07, 6.45) is 2.50. The second kappa shape index (κ2) is 13.9. The van der Waals surface area contributed by atoms with Gasteiger partial charge in [0.1, 0.15) is 17.2 Å². The van der Waals surface area contributed by atoms with Crippen LogP contribution in [0.15, 0.2) is 85.5 Å². The molecule has 0 saturated heterocycles. The fraction of sp³-hybridized carbons (Fsp3) is 0.167. The van der Waals surface area contributed by atoms with E-state index in [9.17, 15) is 14.4 Å². The molecule has 0 atom stereocenters. The minimum absolute atomic E-state index is 0. The summed E-state index contributed by atoms with van der Waals surface area (Å²) in [5.41, 5.74) is 1.50. The number of carbonyl (C=O) groups is 3. The lowest BCUT2D eigenvalue weighted by molar-refractivity contribution is -0.137. The van der Waals surface area contributed by atoms with Crippen molar-refractivity contribution in [3.05, 3.63) is 102 Å². The van der Waals surface area contributed by atoms with E-state index in [2.05, 4.69) is 18.4 Å². The Kier molecular flexibility index (Phi) is 10.1. The largest absolute Gasteiger partial charge is 0.494 e. The number of carbonyl (C=O) groups excluding carboxylic acids is 3. The van der Waals surface area contributed by atoms with Crippen LogP contribution in [0.1, 0.15) is 48.9 Å². The van der Waals surface area contributed by atoms with Gasteiger partial charge in [0.2, 0.25) is 0 Å². The number of unbranched alkanes of at least 4 members (excludes halogenated alkanes) is 1. The Labute approximate surface area is 218 Å². The second-order valence-corrected chi connectivity index (χ2v) is 7.65. The van der Waals surface area contributed by atoms with Crippen molar-refractivity contribution < 1.29 is 36.2 Å². The minimum atomic E-state index is -0.541. The summed E-state index contributed by atoms with van der Waals surface area (Å²) in [6.45, 7) is 5.84. The first-order chi connectivity index (χ1) is 18.0. The molecule has 0 aliphatic rings. The average Bonchev–Trinajstić information content (AvgIpc) is 2.92. The summed E-state index contributed by atoms with van der Waals surface area (Å²) < 4.78 is 21.3. The molecule has 0 amide bonds. The molecular formula is C30H30O7. The van der Waals surface area contributed by atoms with Crippen molar-refractivity contribution in [1.29, 1.82) is 0 Å². The predicted molar refractivity (Wildman–Crippen MR) is 142 cm³/mol. The summed E-state index contributed by atoms with van der Waals surface area (Å²) in [5.74, 6) is 5.52. The molecule has 192 valence electrons. The highest BCUT2D eigenvalue weighted by Crippen LogP contribution is 2.19. The van der Waals surface area contributed by atoms with Gasteiger partial charge in [-0.15, -0.1) is 5.92 Å². The zero-order chi connectivity index (χ0) is 26.5. The Morgan fingerprint density at radius 2 is 1.24 bits per heavy atom. The van der Waals surface area contributed by atoms with Crippen LogP contribution in [0.3, 0.4) is 0 Å². The number of esters is 3. The SMILES string of the molecule is C=CC(=O)OCCCCOc1ccc(C(=O)Oc2ccc(C(=O)Oc3ccc(C#CC)cc3)cc2)cc1.[HH].[HH]. The molecule has 3 aromatic rings. The number of hydrogen-bond acceptors (Lipinski definition) is 7. The summed E-state index contributed by atoms with van der Waals surface area (Å²) in [6, 6.07) is 19.6. The molecule has 0 bridgehead atoms. The molecule has 0 spiro atoms. The Balaban J connectivity index is 0.00000380. The van der Waals surface area contributed by atoms with Crippen molar-refractivity contribution in [3.8, 4) is 29.1 Å². The van der Waals surface area contributed by atoms with Crippen molar-refractivity contribution in [1.82, 2.24) is 0 Å². The highest BCUT2D eigenvalue weighted by atomic mass is 16.5. The van der Waals surface area contributed by atoms with Gasteiger partial charge in [-0.1, -0.05) is 12.5 Å². The molecule has 0 fully saturated rings. The van der Waals surface area contributed by atoms with Crippen LogP contribution in [0.2, 0.25) is 0 Å². The van der Waals surface area contributed by atoms with Crippen LogP contribution in [0.5, 0.6) is 17.2 Å².